The molecular weight excluding hydrogens is 1110 g/mol. The Morgan fingerprint density at radius 3 is 1.05 bits per heavy atom. The zero-order valence-corrected chi connectivity index (χ0v) is 57.1. The Labute approximate surface area is 542 Å². The number of benzene rings is 10. The molecule has 0 radical (unpaired) electrons. The summed E-state index contributed by atoms with van der Waals surface area (Å²) in [7, 11) is 0. The largest absolute Gasteiger partial charge is 0.310 e. The predicted octanol–water partition coefficient (Wildman–Crippen LogP) is 20.9. The quantitative estimate of drug-likeness (QED) is 0.158. The molecule has 17 rings (SSSR count). The number of rotatable bonds is 3. The molecule has 456 valence electrons. The van der Waals surface area contributed by atoms with Crippen LogP contribution in [0.4, 0.5) is 0 Å². The van der Waals surface area contributed by atoms with E-state index in [0.717, 1.165) is 22.6 Å². The molecule has 0 aliphatic carbocycles. The van der Waals surface area contributed by atoms with E-state index < -0.39 is 0 Å². The van der Waals surface area contributed by atoms with Crippen LogP contribution in [0.1, 0.15) is 158 Å². The maximum Gasteiger partial charge on any atom is 0.252 e. The molecular formula is C86H84BN5. The summed E-state index contributed by atoms with van der Waals surface area (Å²) in [6.07, 6.45) is 0. The van der Waals surface area contributed by atoms with Gasteiger partial charge in [0.25, 0.3) is 6.71 Å². The summed E-state index contributed by atoms with van der Waals surface area (Å²) in [5.74, 6) is 0. The summed E-state index contributed by atoms with van der Waals surface area (Å²) in [6, 6.07) is 72.2. The topological polar surface area (TPSA) is 24.6 Å². The molecule has 2 aliphatic heterocycles. The Balaban J connectivity index is 1.08. The zero-order chi connectivity index (χ0) is 64.2. The lowest BCUT2D eigenvalue weighted by Gasteiger charge is -2.36. The van der Waals surface area contributed by atoms with Gasteiger partial charge >= 0.3 is 0 Å². The summed E-state index contributed by atoms with van der Waals surface area (Å²) in [6.45, 7) is 42.5. The summed E-state index contributed by atoms with van der Waals surface area (Å²) in [5.41, 5.74) is 30.0. The van der Waals surface area contributed by atoms with Crippen molar-refractivity contribution in [1.82, 2.24) is 22.8 Å². The van der Waals surface area contributed by atoms with E-state index in [1.807, 2.05) is 0 Å². The van der Waals surface area contributed by atoms with Gasteiger partial charge in [0.2, 0.25) is 0 Å². The van der Waals surface area contributed by atoms with Gasteiger partial charge in [-0.25, -0.2) is 0 Å². The van der Waals surface area contributed by atoms with Crippen LogP contribution in [0.5, 0.6) is 0 Å². The number of hydrogen-bond acceptors (Lipinski definition) is 0. The first-order valence-corrected chi connectivity index (χ1v) is 33.6. The highest BCUT2D eigenvalue weighted by atomic mass is 15.1. The second kappa shape index (κ2) is 18.4. The molecule has 0 atom stereocenters. The van der Waals surface area contributed by atoms with Crippen LogP contribution in [0.3, 0.4) is 0 Å². The summed E-state index contributed by atoms with van der Waals surface area (Å²) in [4.78, 5) is 0. The van der Waals surface area contributed by atoms with Gasteiger partial charge < -0.3 is 22.8 Å². The van der Waals surface area contributed by atoms with Crippen LogP contribution in [-0.4, -0.2) is 29.5 Å². The molecule has 6 heteroatoms. The maximum atomic E-state index is 2.70. The second-order valence-corrected chi connectivity index (χ2v) is 33.6. The lowest BCUT2D eigenvalue weighted by atomic mass is 9.34. The molecule has 7 heterocycles. The van der Waals surface area contributed by atoms with E-state index in [2.05, 4.69) is 329 Å². The third-order valence-corrected chi connectivity index (χ3v) is 21.3. The van der Waals surface area contributed by atoms with Gasteiger partial charge in [-0.2, -0.15) is 0 Å². The third-order valence-electron chi connectivity index (χ3n) is 21.3. The minimum atomic E-state index is -0.105. The van der Waals surface area contributed by atoms with E-state index in [0.29, 0.717) is 0 Å². The molecule has 0 bridgehead atoms. The van der Waals surface area contributed by atoms with Gasteiger partial charge in [0.05, 0.1) is 55.5 Å². The van der Waals surface area contributed by atoms with E-state index in [9.17, 15) is 0 Å². The Bertz CT molecular complexity index is 5490. The standard InChI is InChI=1S/C86H84BN5/c1-81(2,3)49-31-35-67-58(39-49)59-40-50(82(4,5)6)32-36-68(59)90(67)72-30-24-29-71-75(72)80-79(88(71)55-25-20-19-21-26-55)57-27-22-23-28-66(57)89(80)56-47-73-76-74(48-56)92-70-38-34-52(84(10,11)12)42-61(70)63-44-54(86(16,17)18)46-65(78(63)92)87(76)64-45-53(85(13,14)15)43-62-60-41-51(83(7,8)9)33-37-69(60)91(73)77(62)64/h19-48H,1-18H3. The van der Waals surface area contributed by atoms with Crippen LogP contribution in [0.2, 0.25) is 0 Å². The Kier molecular flexibility index (Phi) is 11.4. The van der Waals surface area contributed by atoms with Gasteiger partial charge in [-0.3, -0.25) is 0 Å². The fourth-order valence-electron chi connectivity index (χ4n) is 16.3. The molecule has 5 aromatic heterocycles. The zero-order valence-electron chi connectivity index (χ0n) is 57.1. The SMILES string of the molecule is CC(C)(C)c1ccc2c(c1)c1cc(C(C)(C)C)ccc1n2-c1cccc2c1c1c(c3ccccc3n1-c1cc3c4c(c1)-n1c5ccc(C(C)(C)C)cc5c5cc(C(C)(C)C)cc(c51)B4c1cc(C(C)(C)C)cc4c5cc(C(C)(C)C)ccc5n-3c14)n2-c1ccccc1. The van der Waals surface area contributed by atoms with Crippen molar-refractivity contribution >= 4 is 121 Å². The van der Waals surface area contributed by atoms with Gasteiger partial charge in [0, 0.05) is 71.2 Å². The van der Waals surface area contributed by atoms with Crippen molar-refractivity contribution in [2.75, 3.05) is 0 Å². The van der Waals surface area contributed by atoms with Gasteiger partial charge in [0.15, 0.2) is 0 Å². The molecule has 0 spiro atoms. The average molecular weight is 1200 g/mol. The van der Waals surface area contributed by atoms with Crippen LogP contribution in [0, 0.1) is 0 Å². The Morgan fingerprint density at radius 1 is 0.239 bits per heavy atom. The number of aromatic nitrogens is 5. The number of nitrogens with zero attached hydrogens (tertiary/aromatic N) is 5. The smallest absolute Gasteiger partial charge is 0.252 e. The molecule has 0 amide bonds. The van der Waals surface area contributed by atoms with Crippen LogP contribution in [0.15, 0.2) is 182 Å². The molecule has 0 saturated heterocycles. The second-order valence-electron chi connectivity index (χ2n) is 33.6. The van der Waals surface area contributed by atoms with E-state index >= 15 is 0 Å². The van der Waals surface area contributed by atoms with Crippen LogP contribution < -0.4 is 16.4 Å². The lowest BCUT2D eigenvalue weighted by Crippen LogP contribution is -2.59. The molecule has 2 aliphatic rings. The van der Waals surface area contributed by atoms with Crippen LogP contribution in [0.25, 0.3) is 127 Å². The van der Waals surface area contributed by atoms with E-state index in [4.69, 9.17) is 0 Å². The normalized spacial score (nSPS) is 14.0. The molecule has 0 N–H and O–H groups in total. The van der Waals surface area contributed by atoms with Crippen LogP contribution in [-0.2, 0) is 32.5 Å². The Morgan fingerprint density at radius 2 is 0.609 bits per heavy atom. The van der Waals surface area contributed by atoms with Crippen LogP contribution >= 0.6 is 0 Å². The van der Waals surface area contributed by atoms with Crippen molar-refractivity contribution in [3.8, 4) is 28.4 Å². The average Bonchev–Trinajstić information content (AvgIpc) is 1.49. The first kappa shape index (κ1) is 56.9. The van der Waals surface area contributed by atoms with Crippen molar-refractivity contribution in [1.29, 1.82) is 0 Å². The fraction of sp³-hybridized carbons (Fsp3) is 0.279. The monoisotopic (exact) mass is 1200 g/mol. The van der Waals surface area contributed by atoms with Crippen molar-refractivity contribution < 1.29 is 0 Å². The van der Waals surface area contributed by atoms with E-state index in [1.165, 1.54) is 154 Å². The highest BCUT2D eigenvalue weighted by Crippen LogP contribution is 2.49. The number of hydrogen-bond donors (Lipinski definition) is 0. The molecule has 5 nitrogen and oxygen atoms in total. The summed E-state index contributed by atoms with van der Waals surface area (Å²) in [5, 5.41) is 10.3. The molecule has 0 saturated carbocycles. The summed E-state index contributed by atoms with van der Waals surface area (Å²) < 4.78 is 13.2. The van der Waals surface area contributed by atoms with Gasteiger partial charge in [-0.15, -0.1) is 0 Å². The van der Waals surface area contributed by atoms with Gasteiger partial charge in [0.1, 0.15) is 0 Å². The highest BCUT2D eigenvalue weighted by molar-refractivity contribution is 7.00. The highest BCUT2D eigenvalue weighted by Gasteiger charge is 2.44. The molecule has 92 heavy (non-hydrogen) atoms. The molecule has 10 aromatic carbocycles. The van der Waals surface area contributed by atoms with Gasteiger partial charge in [-0.05, 0) is 185 Å². The Hall–Kier alpha value is -9.00. The van der Waals surface area contributed by atoms with Crippen molar-refractivity contribution in [3.05, 3.63) is 215 Å². The van der Waals surface area contributed by atoms with Crippen molar-refractivity contribution in [2.24, 2.45) is 0 Å². The number of fused-ring (bicyclic) bond motifs is 18. The first-order chi connectivity index (χ1) is 43.4. The molecule has 0 fully saturated rings. The number of para-hydroxylation sites is 2. The van der Waals surface area contributed by atoms with Crippen molar-refractivity contribution in [3.63, 3.8) is 0 Å². The van der Waals surface area contributed by atoms with E-state index in [-0.39, 0.29) is 39.2 Å². The van der Waals surface area contributed by atoms with Gasteiger partial charge in [-0.1, -0.05) is 203 Å². The summed E-state index contributed by atoms with van der Waals surface area (Å²) >= 11 is 0. The van der Waals surface area contributed by atoms with Crippen molar-refractivity contribution in [2.45, 2.75) is 157 Å². The third kappa shape index (κ3) is 7.91. The molecule has 15 aromatic rings. The predicted molar refractivity (Wildman–Crippen MR) is 397 cm³/mol. The fourth-order valence-corrected chi connectivity index (χ4v) is 16.3. The minimum absolute atomic E-state index is 0.0322. The molecule has 0 unspecified atom stereocenters. The van der Waals surface area contributed by atoms with E-state index in [1.54, 1.807) is 0 Å². The lowest BCUT2D eigenvalue weighted by molar-refractivity contribution is 0.590. The first-order valence-electron chi connectivity index (χ1n) is 33.6. The maximum absolute atomic E-state index is 2.70. The minimum Gasteiger partial charge on any atom is -0.310 e.